The molecule has 69 heavy (non-hydrogen) atoms. The van der Waals surface area contributed by atoms with Gasteiger partial charge < -0.3 is 0 Å². The first kappa shape index (κ1) is 43.6. The van der Waals surface area contributed by atoms with Gasteiger partial charge >= 0.3 is 0 Å². The van der Waals surface area contributed by atoms with Gasteiger partial charge in [-0.3, -0.25) is 28.8 Å². The molecule has 3 aromatic carbocycles. The maximum absolute atomic E-state index is 15.0. The Hall–Kier alpha value is -6.69. The third-order valence-corrected chi connectivity index (χ3v) is 16.5. The van der Waals surface area contributed by atoms with Crippen LogP contribution >= 0.6 is 0 Å². The fourth-order valence-corrected chi connectivity index (χ4v) is 13.6. The van der Waals surface area contributed by atoms with Crippen LogP contribution in [0, 0.1) is 54.8 Å². The zero-order chi connectivity index (χ0) is 47.7. The van der Waals surface area contributed by atoms with Crippen molar-refractivity contribution in [2.45, 2.75) is 118 Å². The van der Waals surface area contributed by atoms with Crippen LogP contribution < -0.4 is 0 Å². The van der Waals surface area contributed by atoms with Crippen LogP contribution in [-0.2, 0) is 27.5 Å². The zero-order valence-corrected chi connectivity index (χ0v) is 40.6. The van der Waals surface area contributed by atoms with E-state index in [0.29, 0.717) is 62.6 Å². The smallest absolute Gasteiger partial charge is 0.177 e. The molecule has 6 aliphatic rings. The molecule has 12 nitrogen and oxygen atoms in total. The topological polar surface area (TPSA) is 153 Å². The van der Waals surface area contributed by atoms with Crippen molar-refractivity contribution in [1.29, 1.82) is 0 Å². The third kappa shape index (κ3) is 7.10. The number of ketones is 3. The Bertz CT molecular complexity index is 3210. The fraction of sp³-hybridized carbons (Fsp3) is 0.421. The van der Waals surface area contributed by atoms with E-state index in [-0.39, 0.29) is 52.4 Å². The van der Waals surface area contributed by atoms with Crippen LogP contribution in [0.2, 0.25) is 0 Å². The SMILES string of the molecule is Cc1[nH]nc2c1C(c1ccccc1)C1C(=O)CC(C)(Cn3nc4c(c3C)C(c3ccccc3)C3C(=O)CC(C)(Cn5nc6c(c5C)C(c5ccccc5)C5C(=O)CC(C)(C)CC5=N6)CC3=N4)CC1=N2. The van der Waals surface area contributed by atoms with E-state index < -0.39 is 16.7 Å². The minimum Gasteiger partial charge on any atom is -0.299 e. The Kier molecular flexibility index (Phi) is 9.89. The van der Waals surface area contributed by atoms with Gasteiger partial charge in [0.25, 0.3) is 0 Å². The van der Waals surface area contributed by atoms with E-state index >= 15 is 4.79 Å². The number of hydrogen-bond acceptors (Lipinski definition) is 9. The van der Waals surface area contributed by atoms with E-state index in [4.69, 9.17) is 25.2 Å². The van der Waals surface area contributed by atoms with Gasteiger partial charge in [0, 0.05) is 101 Å². The first-order valence-corrected chi connectivity index (χ1v) is 24.7. The number of fused-ring (bicyclic) bond motifs is 6. The number of carbonyl (C=O) groups excluding carboxylic acids is 3. The van der Waals surface area contributed by atoms with Crippen molar-refractivity contribution in [2.24, 2.45) is 49.0 Å². The van der Waals surface area contributed by atoms with Crippen molar-refractivity contribution in [3.05, 3.63) is 141 Å². The summed E-state index contributed by atoms with van der Waals surface area (Å²) >= 11 is 0. The highest BCUT2D eigenvalue weighted by molar-refractivity contribution is 6.13. The standard InChI is InChI=1S/C57H59N9O3/c1-31-43-46(34-17-11-8-12-18-34)50-38(58-52(43)62-61-31)24-56(6,27-41(50)68)29-66-33(3)45-48(36-21-15-10-16-22-36)51-39(60-54(45)64-66)25-57(7,28-42(51)69)30-65-32(2)44-47(35-19-13-9-14-20-35)49-37(59-53(44)63-65)23-55(4,5)26-40(49)67/h8-22,46-51H,23-30H2,1-7H3,(H,61,62). The number of nitrogens with zero attached hydrogens (tertiary/aromatic N) is 8. The van der Waals surface area contributed by atoms with Crippen LogP contribution in [0.4, 0.5) is 17.5 Å². The lowest BCUT2D eigenvalue weighted by Crippen LogP contribution is -2.45. The van der Waals surface area contributed by atoms with Crippen LogP contribution in [0.15, 0.2) is 106 Å². The molecule has 3 fully saturated rings. The molecule has 12 rings (SSSR count). The van der Waals surface area contributed by atoms with Crippen molar-refractivity contribution in [3.63, 3.8) is 0 Å². The Balaban J connectivity index is 0.881. The number of aryl methyl sites for hydroxylation is 1. The van der Waals surface area contributed by atoms with Crippen LogP contribution in [0.3, 0.4) is 0 Å². The molecule has 6 heterocycles. The molecule has 0 spiro atoms. The number of aromatic nitrogens is 6. The van der Waals surface area contributed by atoms with Crippen molar-refractivity contribution in [3.8, 4) is 0 Å². The van der Waals surface area contributed by atoms with Crippen LogP contribution in [0.1, 0.15) is 134 Å². The van der Waals surface area contributed by atoms with Gasteiger partial charge in [-0.15, -0.1) is 0 Å². The van der Waals surface area contributed by atoms with E-state index in [9.17, 15) is 9.59 Å². The van der Waals surface area contributed by atoms with Crippen molar-refractivity contribution < 1.29 is 14.4 Å². The highest BCUT2D eigenvalue weighted by atomic mass is 16.1. The van der Waals surface area contributed by atoms with Gasteiger partial charge in [0.15, 0.2) is 17.5 Å². The third-order valence-electron chi connectivity index (χ3n) is 16.5. The predicted molar refractivity (Wildman–Crippen MR) is 267 cm³/mol. The van der Waals surface area contributed by atoms with Crippen LogP contribution in [-0.4, -0.2) is 64.2 Å². The molecule has 0 saturated heterocycles. The lowest BCUT2D eigenvalue weighted by Gasteiger charge is -2.42. The van der Waals surface area contributed by atoms with E-state index in [1.54, 1.807) is 0 Å². The number of aliphatic imine (C=N–C) groups is 3. The van der Waals surface area contributed by atoms with Gasteiger partial charge in [0.05, 0.1) is 17.8 Å². The normalized spacial score (nSPS) is 28.9. The van der Waals surface area contributed by atoms with Gasteiger partial charge in [-0.1, -0.05) is 119 Å². The fourth-order valence-electron chi connectivity index (χ4n) is 13.6. The summed E-state index contributed by atoms with van der Waals surface area (Å²) < 4.78 is 4.10. The Morgan fingerprint density at radius 2 is 0.855 bits per heavy atom. The number of rotatable bonds is 7. The molecule has 1 N–H and O–H groups in total. The molecule has 8 unspecified atom stereocenters. The summed E-state index contributed by atoms with van der Waals surface area (Å²) in [5.74, 6) is 0.888. The van der Waals surface area contributed by atoms with Crippen molar-refractivity contribution in [2.75, 3.05) is 0 Å². The van der Waals surface area contributed by atoms with E-state index in [1.165, 1.54) is 0 Å². The highest BCUT2D eigenvalue weighted by Crippen LogP contribution is 2.54. The minimum atomic E-state index is -0.500. The molecule has 3 aliphatic heterocycles. The molecule has 8 atom stereocenters. The lowest BCUT2D eigenvalue weighted by atomic mass is 9.62. The Labute approximate surface area is 402 Å². The molecule has 0 radical (unpaired) electrons. The molecule has 3 aromatic heterocycles. The first-order valence-electron chi connectivity index (χ1n) is 24.7. The summed E-state index contributed by atoms with van der Waals surface area (Å²) in [6.45, 7) is 15.9. The minimum absolute atomic E-state index is 0.150. The summed E-state index contributed by atoms with van der Waals surface area (Å²) in [6.07, 6.45) is 3.24. The van der Waals surface area contributed by atoms with Gasteiger partial charge in [-0.05, 0) is 73.0 Å². The molecule has 0 bridgehead atoms. The maximum Gasteiger partial charge on any atom is 0.177 e. The Morgan fingerprint density at radius 3 is 1.29 bits per heavy atom. The number of H-pyrrole nitrogens is 1. The molecule has 3 aliphatic carbocycles. The number of hydrogen-bond donors (Lipinski definition) is 1. The number of Topliss-reactive ketones (excluding diaryl/α,β-unsaturated/α-hetero) is 3. The average Bonchev–Trinajstić information content (AvgIpc) is 3.93. The van der Waals surface area contributed by atoms with Gasteiger partial charge in [-0.2, -0.15) is 15.3 Å². The van der Waals surface area contributed by atoms with Crippen molar-refractivity contribution >= 4 is 51.9 Å². The molecular formula is C57H59N9O3. The number of nitrogens with one attached hydrogen (secondary N) is 1. The second-order valence-corrected chi connectivity index (χ2v) is 22.7. The largest absolute Gasteiger partial charge is 0.299 e. The van der Waals surface area contributed by atoms with Gasteiger partial charge in [0.2, 0.25) is 0 Å². The number of benzene rings is 3. The summed E-state index contributed by atoms with van der Waals surface area (Å²) in [7, 11) is 0. The molecule has 0 amide bonds. The van der Waals surface area contributed by atoms with Gasteiger partial charge in [-0.25, -0.2) is 15.0 Å². The predicted octanol–water partition coefficient (Wildman–Crippen LogP) is 10.8. The molecule has 6 aromatic rings. The summed E-state index contributed by atoms with van der Waals surface area (Å²) in [4.78, 5) is 59.3. The van der Waals surface area contributed by atoms with Crippen LogP contribution in [0.5, 0.6) is 0 Å². The molecule has 12 heteroatoms. The van der Waals surface area contributed by atoms with E-state index in [1.807, 2.05) is 66.2 Å². The Morgan fingerprint density at radius 1 is 0.478 bits per heavy atom. The monoisotopic (exact) mass is 917 g/mol. The summed E-state index contributed by atoms with van der Waals surface area (Å²) in [6, 6.07) is 31.0. The molecular weight excluding hydrogens is 859 g/mol. The van der Waals surface area contributed by atoms with Gasteiger partial charge in [0.1, 0.15) is 17.3 Å². The first-order chi connectivity index (χ1) is 33.1. The zero-order valence-electron chi connectivity index (χ0n) is 40.6. The number of carbonyl (C=O) groups is 3. The van der Waals surface area contributed by atoms with Crippen molar-refractivity contribution in [1.82, 2.24) is 29.8 Å². The molecule has 3 saturated carbocycles. The van der Waals surface area contributed by atoms with E-state index in [2.05, 4.69) is 92.8 Å². The second kappa shape index (κ2) is 15.7. The number of aromatic amines is 1. The van der Waals surface area contributed by atoms with Crippen LogP contribution in [0.25, 0.3) is 0 Å². The van der Waals surface area contributed by atoms with E-state index in [0.717, 1.165) is 74.0 Å². The summed E-state index contributed by atoms with van der Waals surface area (Å²) in [5, 5.41) is 18.2. The molecule has 350 valence electrons. The average molecular weight is 918 g/mol. The summed E-state index contributed by atoms with van der Waals surface area (Å²) in [5.41, 5.74) is 10.6. The quantitative estimate of drug-likeness (QED) is 0.168. The highest BCUT2D eigenvalue weighted by Gasteiger charge is 2.52. The maximum atomic E-state index is 15.0. The lowest BCUT2D eigenvalue weighted by molar-refractivity contribution is -0.125. The second-order valence-electron chi connectivity index (χ2n) is 22.7.